The fourth-order valence-electron chi connectivity index (χ4n) is 2.81. The average Bonchev–Trinajstić information content (AvgIpc) is 3.25. The molecule has 0 N–H and O–H groups in total. The number of rotatable bonds is 5. The molecule has 8 nitrogen and oxygen atoms in total. The van der Waals surface area contributed by atoms with Crippen molar-refractivity contribution in [3.63, 3.8) is 0 Å². The summed E-state index contributed by atoms with van der Waals surface area (Å²) in [4.78, 5) is 24.5. The molecule has 0 aromatic carbocycles. The number of carbonyl (C=O) groups excluding carboxylic acids is 1. The first-order chi connectivity index (χ1) is 11.6. The summed E-state index contributed by atoms with van der Waals surface area (Å²) in [7, 11) is 3.86. The number of amides is 1. The summed E-state index contributed by atoms with van der Waals surface area (Å²) < 4.78 is 7.66. The molecule has 2 aromatic heterocycles. The number of hydrogen-bond acceptors (Lipinski definition) is 6. The van der Waals surface area contributed by atoms with Crippen molar-refractivity contribution in [2.75, 3.05) is 32.1 Å². The lowest BCUT2D eigenvalue weighted by Crippen LogP contribution is -2.36. The van der Waals surface area contributed by atoms with Gasteiger partial charge in [-0.25, -0.2) is 14.6 Å². The molecule has 8 heteroatoms. The van der Waals surface area contributed by atoms with Crippen molar-refractivity contribution >= 4 is 11.7 Å². The maximum absolute atomic E-state index is 12.6. The quantitative estimate of drug-likeness (QED) is 0.813. The predicted octanol–water partition coefficient (Wildman–Crippen LogP) is 0.980. The van der Waals surface area contributed by atoms with Crippen LogP contribution in [0, 0.1) is 0 Å². The number of carbonyl (C=O) groups is 1. The Balaban J connectivity index is 1.63. The van der Waals surface area contributed by atoms with Crippen LogP contribution in [0.2, 0.25) is 0 Å². The molecular weight excluding hydrogens is 308 g/mol. The zero-order valence-corrected chi connectivity index (χ0v) is 14.2. The van der Waals surface area contributed by atoms with E-state index in [2.05, 4.69) is 15.1 Å². The van der Waals surface area contributed by atoms with Crippen molar-refractivity contribution in [3.05, 3.63) is 31.0 Å². The van der Waals surface area contributed by atoms with E-state index in [1.165, 1.54) is 6.33 Å². The lowest BCUT2D eigenvalue weighted by Gasteiger charge is -2.22. The minimum atomic E-state index is -0.359. The third-order valence-electron chi connectivity index (χ3n) is 4.12. The number of ether oxygens (including phenoxy) is 1. The standard InChI is InChI=1S/C16H22N6O2/c1-12(22-11-17-10-19-22)16(23)21-8-6-13(9-21)24-14-5-4-7-18-15(14)20(2)3/h4-5,7,10-13H,6,8-9H2,1-3H3. The van der Waals surface area contributed by atoms with Gasteiger partial charge in [0.1, 0.15) is 24.8 Å². The second kappa shape index (κ2) is 6.86. The van der Waals surface area contributed by atoms with Crippen molar-refractivity contribution in [2.24, 2.45) is 0 Å². The number of nitrogens with zero attached hydrogens (tertiary/aromatic N) is 6. The van der Waals surface area contributed by atoms with Gasteiger partial charge in [0, 0.05) is 33.3 Å². The van der Waals surface area contributed by atoms with E-state index >= 15 is 0 Å². The van der Waals surface area contributed by atoms with Crippen LogP contribution in [0.1, 0.15) is 19.4 Å². The van der Waals surface area contributed by atoms with E-state index in [0.29, 0.717) is 13.1 Å². The van der Waals surface area contributed by atoms with Crippen molar-refractivity contribution in [1.82, 2.24) is 24.6 Å². The molecule has 2 aromatic rings. The van der Waals surface area contributed by atoms with Crippen molar-refractivity contribution < 1.29 is 9.53 Å². The number of anilines is 1. The van der Waals surface area contributed by atoms with Gasteiger partial charge in [-0.15, -0.1) is 0 Å². The van der Waals surface area contributed by atoms with E-state index in [1.54, 1.807) is 17.2 Å². The van der Waals surface area contributed by atoms with E-state index in [1.807, 2.05) is 43.0 Å². The lowest BCUT2D eigenvalue weighted by atomic mass is 10.3. The molecule has 3 rings (SSSR count). The van der Waals surface area contributed by atoms with Crippen LogP contribution in [0.15, 0.2) is 31.0 Å². The van der Waals surface area contributed by atoms with Crippen molar-refractivity contribution in [3.8, 4) is 5.75 Å². The second-order valence-electron chi connectivity index (χ2n) is 6.08. The molecule has 1 aliphatic rings. The summed E-state index contributed by atoms with van der Waals surface area (Å²) in [6, 6.07) is 3.40. The van der Waals surface area contributed by atoms with Crippen LogP contribution in [0.3, 0.4) is 0 Å². The summed E-state index contributed by atoms with van der Waals surface area (Å²) in [5.41, 5.74) is 0. The van der Waals surface area contributed by atoms with Crippen LogP contribution in [-0.4, -0.2) is 63.8 Å². The SMILES string of the molecule is CC(C(=O)N1CCC(Oc2cccnc2N(C)C)C1)n1cncn1. The second-order valence-corrected chi connectivity index (χ2v) is 6.08. The maximum Gasteiger partial charge on any atom is 0.247 e. The number of aromatic nitrogens is 4. The van der Waals surface area contributed by atoms with E-state index in [4.69, 9.17) is 4.74 Å². The minimum absolute atomic E-state index is 0.0280. The molecule has 128 valence electrons. The summed E-state index contributed by atoms with van der Waals surface area (Å²) in [6.07, 6.45) is 5.51. The topological polar surface area (TPSA) is 76.4 Å². The summed E-state index contributed by atoms with van der Waals surface area (Å²) >= 11 is 0. The summed E-state index contributed by atoms with van der Waals surface area (Å²) in [6.45, 7) is 3.08. The van der Waals surface area contributed by atoms with Crippen LogP contribution in [0.25, 0.3) is 0 Å². The summed E-state index contributed by atoms with van der Waals surface area (Å²) in [5.74, 6) is 1.56. The zero-order valence-electron chi connectivity index (χ0n) is 14.2. The monoisotopic (exact) mass is 330 g/mol. The molecule has 0 spiro atoms. The Morgan fingerprint density at radius 2 is 2.29 bits per heavy atom. The zero-order chi connectivity index (χ0) is 17.1. The fourth-order valence-corrected chi connectivity index (χ4v) is 2.81. The normalized spacial score (nSPS) is 18.5. The first kappa shape index (κ1) is 16.2. The van der Waals surface area contributed by atoms with E-state index < -0.39 is 0 Å². The fraction of sp³-hybridized carbons (Fsp3) is 0.500. The van der Waals surface area contributed by atoms with Crippen LogP contribution in [0.5, 0.6) is 5.75 Å². The Hall–Kier alpha value is -2.64. The molecule has 0 radical (unpaired) electrons. The smallest absolute Gasteiger partial charge is 0.247 e. The largest absolute Gasteiger partial charge is 0.485 e. The van der Waals surface area contributed by atoms with Gasteiger partial charge in [0.15, 0.2) is 11.6 Å². The first-order valence-electron chi connectivity index (χ1n) is 7.98. The summed E-state index contributed by atoms with van der Waals surface area (Å²) in [5, 5.41) is 4.04. The molecule has 0 bridgehead atoms. The van der Waals surface area contributed by atoms with Gasteiger partial charge in [-0.05, 0) is 19.1 Å². The first-order valence-corrected chi connectivity index (χ1v) is 7.98. The Bertz CT molecular complexity index is 688. The third kappa shape index (κ3) is 3.32. The molecule has 3 heterocycles. The Labute approximate surface area is 141 Å². The Morgan fingerprint density at radius 1 is 1.46 bits per heavy atom. The van der Waals surface area contributed by atoms with Gasteiger partial charge < -0.3 is 14.5 Å². The van der Waals surface area contributed by atoms with Gasteiger partial charge in [-0.3, -0.25) is 4.79 Å². The van der Waals surface area contributed by atoms with Crippen LogP contribution in [-0.2, 0) is 4.79 Å². The molecule has 1 fully saturated rings. The Kier molecular flexibility index (Phi) is 4.64. The molecule has 2 atom stereocenters. The van der Waals surface area contributed by atoms with Crippen LogP contribution < -0.4 is 9.64 Å². The highest BCUT2D eigenvalue weighted by Gasteiger charge is 2.31. The molecule has 24 heavy (non-hydrogen) atoms. The number of hydrogen-bond donors (Lipinski definition) is 0. The van der Waals surface area contributed by atoms with Gasteiger partial charge in [-0.2, -0.15) is 5.10 Å². The third-order valence-corrected chi connectivity index (χ3v) is 4.12. The molecule has 0 saturated carbocycles. The van der Waals surface area contributed by atoms with Gasteiger partial charge in [0.05, 0.1) is 6.54 Å². The minimum Gasteiger partial charge on any atom is -0.485 e. The number of likely N-dealkylation sites (tertiary alicyclic amines) is 1. The lowest BCUT2D eigenvalue weighted by molar-refractivity contribution is -0.133. The molecule has 1 amide bonds. The highest BCUT2D eigenvalue weighted by Crippen LogP contribution is 2.27. The van der Waals surface area contributed by atoms with Crippen LogP contribution in [0.4, 0.5) is 5.82 Å². The van der Waals surface area contributed by atoms with Gasteiger partial charge >= 0.3 is 0 Å². The predicted molar refractivity (Wildman–Crippen MR) is 88.9 cm³/mol. The maximum atomic E-state index is 12.6. The molecule has 1 aliphatic heterocycles. The van der Waals surface area contributed by atoms with Gasteiger partial charge in [-0.1, -0.05) is 0 Å². The molecule has 1 saturated heterocycles. The van der Waals surface area contributed by atoms with Crippen molar-refractivity contribution in [1.29, 1.82) is 0 Å². The Morgan fingerprint density at radius 3 is 3.00 bits per heavy atom. The molecular formula is C16H22N6O2. The molecule has 0 aliphatic carbocycles. The average molecular weight is 330 g/mol. The number of pyridine rings is 1. The van der Waals surface area contributed by atoms with Gasteiger partial charge in [0.25, 0.3) is 0 Å². The van der Waals surface area contributed by atoms with E-state index in [9.17, 15) is 4.79 Å². The highest BCUT2D eigenvalue weighted by atomic mass is 16.5. The van der Waals surface area contributed by atoms with Crippen LogP contribution >= 0.6 is 0 Å². The van der Waals surface area contributed by atoms with E-state index in [-0.39, 0.29) is 18.1 Å². The van der Waals surface area contributed by atoms with Gasteiger partial charge in [0.2, 0.25) is 5.91 Å². The van der Waals surface area contributed by atoms with E-state index in [0.717, 1.165) is 18.0 Å². The highest BCUT2D eigenvalue weighted by molar-refractivity contribution is 5.80. The molecule has 2 unspecified atom stereocenters. The van der Waals surface area contributed by atoms with Crippen molar-refractivity contribution in [2.45, 2.75) is 25.5 Å².